The van der Waals surface area contributed by atoms with E-state index in [0.717, 1.165) is 19.5 Å². The first-order valence-corrected chi connectivity index (χ1v) is 3.98. The van der Waals surface area contributed by atoms with E-state index in [4.69, 9.17) is 0 Å². The zero-order valence-corrected chi connectivity index (χ0v) is 6.59. The van der Waals surface area contributed by atoms with Crippen LogP contribution in [0.3, 0.4) is 0 Å². The van der Waals surface area contributed by atoms with Gasteiger partial charge in [-0.1, -0.05) is 24.3 Å². The summed E-state index contributed by atoms with van der Waals surface area (Å²) in [5.74, 6) is 0. The van der Waals surface area contributed by atoms with E-state index in [2.05, 4.69) is 35.6 Å². The maximum absolute atomic E-state index is 3.93. The Labute approximate surface area is 67.0 Å². The van der Waals surface area contributed by atoms with Gasteiger partial charge >= 0.3 is 0 Å². The van der Waals surface area contributed by atoms with Crippen LogP contribution in [0.2, 0.25) is 0 Å². The first-order chi connectivity index (χ1) is 5.36. The quantitative estimate of drug-likeness (QED) is 0.487. The summed E-state index contributed by atoms with van der Waals surface area (Å²) in [6.45, 7) is 6.03. The van der Waals surface area contributed by atoms with Gasteiger partial charge in [0, 0.05) is 12.0 Å². The highest BCUT2D eigenvalue weighted by Crippen LogP contribution is 2.14. The third-order valence-corrected chi connectivity index (χ3v) is 2.21. The maximum atomic E-state index is 3.93. The van der Waals surface area contributed by atoms with Crippen molar-refractivity contribution >= 4 is 6.72 Å². The van der Waals surface area contributed by atoms with Crippen LogP contribution >= 0.6 is 0 Å². The van der Waals surface area contributed by atoms with Gasteiger partial charge in [-0.2, -0.15) is 0 Å². The summed E-state index contributed by atoms with van der Waals surface area (Å²) in [5, 5.41) is 0. The summed E-state index contributed by atoms with van der Waals surface area (Å²) in [6, 6.07) is 8.60. The highest BCUT2D eigenvalue weighted by Gasteiger charge is 2.14. The summed E-state index contributed by atoms with van der Waals surface area (Å²) >= 11 is 0. The van der Waals surface area contributed by atoms with Crippen LogP contribution in [-0.2, 0) is 13.0 Å². The molecule has 1 heterocycles. The Morgan fingerprint density at radius 1 is 1.18 bits per heavy atom. The van der Waals surface area contributed by atoms with Crippen LogP contribution < -0.4 is 0 Å². The SMILES string of the molecule is C=[N+]1CCc2ccccc2C1. The van der Waals surface area contributed by atoms with Crippen LogP contribution in [0.25, 0.3) is 0 Å². The largest absolute Gasteiger partial charge is 0.238 e. The van der Waals surface area contributed by atoms with Gasteiger partial charge < -0.3 is 0 Å². The molecule has 0 atom stereocenters. The Kier molecular flexibility index (Phi) is 1.50. The summed E-state index contributed by atoms with van der Waals surface area (Å²) < 4.78 is 2.11. The van der Waals surface area contributed by atoms with E-state index in [0.29, 0.717) is 0 Å². The summed E-state index contributed by atoms with van der Waals surface area (Å²) in [6.07, 6.45) is 1.15. The standard InChI is InChI=1S/C10H12N/c1-11-7-6-9-4-2-3-5-10(9)8-11/h2-5H,1,6-8H2/q+1. The average molecular weight is 146 g/mol. The number of hydrogen-bond acceptors (Lipinski definition) is 0. The van der Waals surface area contributed by atoms with Gasteiger partial charge in [0.1, 0.15) is 13.3 Å². The van der Waals surface area contributed by atoms with Crippen molar-refractivity contribution in [3.05, 3.63) is 35.4 Å². The molecule has 0 N–H and O–H groups in total. The third-order valence-electron chi connectivity index (χ3n) is 2.21. The van der Waals surface area contributed by atoms with Crippen molar-refractivity contribution in [3.8, 4) is 0 Å². The second kappa shape index (κ2) is 2.50. The van der Waals surface area contributed by atoms with Crippen molar-refractivity contribution in [3.63, 3.8) is 0 Å². The van der Waals surface area contributed by atoms with Crippen molar-refractivity contribution in [1.29, 1.82) is 0 Å². The van der Waals surface area contributed by atoms with E-state index in [1.165, 1.54) is 11.1 Å². The zero-order valence-electron chi connectivity index (χ0n) is 6.59. The molecule has 0 saturated heterocycles. The second-order valence-corrected chi connectivity index (χ2v) is 3.07. The zero-order chi connectivity index (χ0) is 7.68. The van der Waals surface area contributed by atoms with E-state index in [9.17, 15) is 0 Å². The molecule has 1 aliphatic rings. The maximum Gasteiger partial charge on any atom is 0.167 e. The van der Waals surface area contributed by atoms with Gasteiger partial charge in [0.15, 0.2) is 6.54 Å². The minimum absolute atomic E-state index is 1.01. The van der Waals surface area contributed by atoms with Gasteiger partial charge in [-0.05, 0) is 5.56 Å². The van der Waals surface area contributed by atoms with Crippen LogP contribution in [0.15, 0.2) is 24.3 Å². The van der Waals surface area contributed by atoms with Crippen molar-refractivity contribution in [2.45, 2.75) is 13.0 Å². The highest BCUT2D eigenvalue weighted by atomic mass is 15.0. The van der Waals surface area contributed by atoms with E-state index >= 15 is 0 Å². The lowest BCUT2D eigenvalue weighted by atomic mass is 10.0. The van der Waals surface area contributed by atoms with Crippen molar-refractivity contribution in [2.75, 3.05) is 6.54 Å². The molecule has 1 aromatic rings. The molecule has 0 bridgehead atoms. The Bertz CT molecular complexity index is 289. The van der Waals surface area contributed by atoms with E-state index < -0.39 is 0 Å². The minimum Gasteiger partial charge on any atom is -0.238 e. The predicted octanol–water partition coefficient (Wildman–Crippen LogP) is 1.46. The Morgan fingerprint density at radius 2 is 1.91 bits per heavy atom. The van der Waals surface area contributed by atoms with Gasteiger partial charge in [-0.25, -0.2) is 4.58 Å². The Hall–Kier alpha value is -1.11. The van der Waals surface area contributed by atoms with Crippen molar-refractivity contribution in [2.24, 2.45) is 0 Å². The van der Waals surface area contributed by atoms with Crippen molar-refractivity contribution < 1.29 is 4.58 Å². The van der Waals surface area contributed by atoms with Crippen LogP contribution in [-0.4, -0.2) is 17.8 Å². The molecular weight excluding hydrogens is 134 g/mol. The molecule has 1 heteroatoms. The molecule has 2 rings (SSSR count). The first-order valence-electron chi connectivity index (χ1n) is 3.98. The minimum atomic E-state index is 1.01. The highest BCUT2D eigenvalue weighted by molar-refractivity contribution is 5.28. The Balaban J connectivity index is 2.41. The molecule has 0 amide bonds. The Morgan fingerprint density at radius 3 is 2.73 bits per heavy atom. The molecule has 0 aliphatic carbocycles. The van der Waals surface area contributed by atoms with Gasteiger partial charge in [0.2, 0.25) is 0 Å². The average Bonchev–Trinajstić information content (AvgIpc) is 2.04. The van der Waals surface area contributed by atoms with Crippen molar-refractivity contribution in [1.82, 2.24) is 0 Å². The van der Waals surface area contributed by atoms with E-state index in [-0.39, 0.29) is 0 Å². The fraction of sp³-hybridized carbons (Fsp3) is 0.300. The first kappa shape index (κ1) is 6.59. The van der Waals surface area contributed by atoms with Gasteiger partial charge in [-0.15, -0.1) is 0 Å². The van der Waals surface area contributed by atoms with Crippen LogP contribution in [0, 0.1) is 0 Å². The lowest BCUT2D eigenvalue weighted by molar-refractivity contribution is -0.539. The van der Waals surface area contributed by atoms with Gasteiger partial charge in [0.25, 0.3) is 0 Å². The molecule has 1 nitrogen and oxygen atoms in total. The van der Waals surface area contributed by atoms with Gasteiger partial charge in [0.05, 0.1) is 0 Å². The molecule has 0 fully saturated rings. The fourth-order valence-electron chi connectivity index (χ4n) is 1.55. The molecule has 0 aromatic heterocycles. The van der Waals surface area contributed by atoms with Crippen LogP contribution in [0.4, 0.5) is 0 Å². The predicted molar refractivity (Wildman–Crippen MR) is 46.1 cm³/mol. The molecule has 0 radical (unpaired) electrons. The molecule has 0 spiro atoms. The molecule has 11 heavy (non-hydrogen) atoms. The van der Waals surface area contributed by atoms with Crippen LogP contribution in [0.1, 0.15) is 11.1 Å². The summed E-state index contributed by atoms with van der Waals surface area (Å²) in [7, 11) is 0. The fourth-order valence-corrected chi connectivity index (χ4v) is 1.55. The number of rotatable bonds is 0. The van der Waals surface area contributed by atoms with E-state index in [1.807, 2.05) is 0 Å². The summed E-state index contributed by atoms with van der Waals surface area (Å²) in [4.78, 5) is 0. The normalized spacial score (nSPS) is 16.2. The lowest BCUT2D eigenvalue weighted by Crippen LogP contribution is -2.19. The van der Waals surface area contributed by atoms with E-state index in [1.54, 1.807) is 0 Å². The number of fused-ring (bicyclic) bond motifs is 1. The second-order valence-electron chi connectivity index (χ2n) is 3.07. The number of hydrogen-bond donors (Lipinski definition) is 0. The van der Waals surface area contributed by atoms with Gasteiger partial charge in [-0.3, -0.25) is 0 Å². The molecule has 56 valence electrons. The number of benzene rings is 1. The summed E-state index contributed by atoms with van der Waals surface area (Å²) in [5.41, 5.74) is 2.93. The molecule has 1 aromatic carbocycles. The monoisotopic (exact) mass is 146 g/mol. The molecular formula is C10H12N+. The smallest absolute Gasteiger partial charge is 0.167 e. The molecule has 1 aliphatic heterocycles. The number of nitrogens with zero attached hydrogens (tertiary/aromatic N) is 1. The third kappa shape index (κ3) is 1.18. The molecule has 0 saturated carbocycles. The topological polar surface area (TPSA) is 3.01 Å². The lowest BCUT2D eigenvalue weighted by Gasteiger charge is -2.12. The molecule has 0 unspecified atom stereocenters. The van der Waals surface area contributed by atoms with Crippen LogP contribution in [0.5, 0.6) is 0 Å².